The molecule has 1 heterocycles. The zero-order chi connectivity index (χ0) is 18.7. The van der Waals surface area contributed by atoms with Crippen LogP contribution in [-0.4, -0.2) is 18.9 Å². The van der Waals surface area contributed by atoms with E-state index in [0.29, 0.717) is 22.3 Å². The number of carbonyl (C=O) groups excluding carboxylic acids is 2. The van der Waals surface area contributed by atoms with E-state index in [-0.39, 0.29) is 11.1 Å². The Morgan fingerprint density at radius 2 is 1.88 bits per heavy atom. The van der Waals surface area contributed by atoms with E-state index >= 15 is 0 Å². The minimum atomic E-state index is -0.727. The summed E-state index contributed by atoms with van der Waals surface area (Å²) in [7, 11) is 1.54. The van der Waals surface area contributed by atoms with Gasteiger partial charge in [0.1, 0.15) is 16.9 Å². The third-order valence-corrected chi connectivity index (χ3v) is 4.11. The van der Waals surface area contributed by atoms with Gasteiger partial charge < -0.3 is 14.9 Å². The fourth-order valence-electron chi connectivity index (χ4n) is 2.26. The normalized spacial score (nSPS) is 11.4. The summed E-state index contributed by atoms with van der Waals surface area (Å²) in [6, 6.07) is 13.4. The molecule has 3 rings (SSSR count). The van der Waals surface area contributed by atoms with E-state index in [2.05, 4.69) is 26.5 Å². The van der Waals surface area contributed by atoms with Gasteiger partial charge in [0.15, 0.2) is 0 Å². The molecule has 0 aliphatic rings. The van der Waals surface area contributed by atoms with Crippen LogP contribution in [0.3, 0.4) is 0 Å². The van der Waals surface area contributed by atoms with Crippen LogP contribution < -0.4 is 21.5 Å². The van der Waals surface area contributed by atoms with E-state index in [1.165, 1.54) is 13.2 Å². The van der Waals surface area contributed by atoms with Crippen molar-refractivity contribution in [3.63, 3.8) is 0 Å². The summed E-state index contributed by atoms with van der Waals surface area (Å²) >= 11 is 3.30. The smallest absolute Gasteiger partial charge is 0.271 e. The van der Waals surface area contributed by atoms with Gasteiger partial charge >= 0.3 is 0 Å². The first kappa shape index (κ1) is 17.7. The van der Waals surface area contributed by atoms with E-state index in [1.54, 1.807) is 42.5 Å². The Balaban J connectivity index is 2.00. The zero-order valence-corrected chi connectivity index (χ0v) is 15.2. The molecule has 0 aliphatic carbocycles. The standard InChI is InChI=1S/C18H14BrN3O4/c1-25-13-6-7-15-11(8-13)9-14(16(20)23)18(26-15)22-21-17(24)10-2-4-12(19)5-3-10/h2-9H,1H3,(H2,20,23)(H,21,24)/b22-18+. The molecule has 0 saturated heterocycles. The number of carbonyl (C=O) groups is 2. The van der Waals surface area contributed by atoms with E-state index in [9.17, 15) is 9.59 Å². The maximum atomic E-state index is 12.2. The predicted octanol–water partition coefficient (Wildman–Crippen LogP) is 2.55. The van der Waals surface area contributed by atoms with Gasteiger partial charge in [0.2, 0.25) is 5.55 Å². The molecule has 0 spiro atoms. The molecule has 3 N–H and O–H groups in total. The molecular weight excluding hydrogens is 402 g/mol. The molecule has 2 aromatic carbocycles. The average Bonchev–Trinajstić information content (AvgIpc) is 2.65. The third kappa shape index (κ3) is 3.75. The van der Waals surface area contributed by atoms with E-state index in [1.807, 2.05) is 0 Å². The zero-order valence-electron chi connectivity index (χ0n) is 13.7. The van der Waals surface area contributed by atoms with Crippen LogP contribution in [0.1, 0.15) is 20.7 Å². The predicted molar refractivity (Wildman–Crippen MR) is 98.5 cm³/mol. The average molecular weight is 416 g/mol. The SMILES string of the molecule is COc1ccc2o/c(=N/NC(=O)c3ccc(Br)cc3)c(C(N)=O)cc2c1. The quantitative estimate of drug-likeness (QED) is 0.638. The van der Waals surface area contributed by atoms with Gasteiger partial charge in [0, 0.05) is 15.4 Å². The molecular formula is C18H14BrN3O4. The maximum absolute atomic E-state index is 12.2. The minimum Gasteiger partial charge on any atom is -0.497 e. The second-order valence-corrected chi connectivity index (χ2v) is 6.21. The molecule has 2 amide bonds. The van der Waals surface area contributed by atoms with Crippen LogP contribution in [0.5, 0.6) is 5.75 Å². The van der Waals surface area contributed by atoms with Crippen molar-refractivity contribution in [2.45, 2.75) is 0 Å². The summed E-state index contributed by atoms with van der Waals surface area (Å²) in [6.45, 7) is 0. The number of halogens is 1. The topological polar surface area (TPSA) is 107 Å². The van der Waals surface area contributed by atoms with Crippen LogP contribution in [0.4, 0.5) is 0 Å². The van der Waals surface area contributed by atoms with Gasteiger partial charge in [-0.3, -0.25) is 9.59 Å². The van der Waals surface area contributed by atoms with Crippen LogP contribution in [0.2, 0.25) is 0 Å². The Morgan fingerprint density at radius 3 is 2.54 bits per heavy atom. The van der Waals surface area contributed by atoms with Crippen LogP contribution in [0.15, 0.2) is 62.5 Å². The lowest BCUT2D eigenvalue weighted by Crippen LogP contribution is -2.27. The second-order valence-electron chi connectivity index (χ2n) is 5.29. The summed E-state index contributed by atoms with van der Waals surface area (Å²) in [6.07, 6.45) is 0. The third-order valence-electron chi connectivity index (χ3n) is 3.58. The Kier molecular flexibility index (Phi) is 5.04. The number of benzene rings is 2. The number of nitrogens with two attached hydrogens (primary N) is 1. The molecule has 8 heteroatoms. The molecule has 0 saturated carbocycles. The highest BCUT2D eigenvalue weighted by Gasteiger charge is 2.11. The fraction of sp³-hybridized carbons (Fsp3) is 0.0556. The first-order valence-corrected chi connectivity index (χ1v) is 8.28. The molecule has 3 aromatic rings. The van der Waals surface area contributed by atoms with Crippen molar-refractivity contribution < 1.29 is 18.7 Å². The van der Waals surface area contributed by atoms with Crippen LogP contribution in [0.25, 0.3) is 11.0 Å². The van der Waals surface area contributed by atoms with E-state index in [0.717, 1.165) is 4.47 Å². The summed E-state index contributed by atoms with van der Waals surface area (Å²) in [4.78, 5) is 23.9. The van der Waals surface area contributed by atoms with Gasteiger partial charge in [0.05, 0.1) is 7.11 Å². The molecule has 0 aliphatic heterocycles. The molecule has 0 radical (unpaired) electrons. The van der Waals surface area contributed by atoms with Gasteiger partial charge in [-0.2, -0.15) is 0 Å². The summed E-state index contributed by atoms with van der Waals surface area (Å²) in [5, 5.41) is 4.53. The van der Waals surface area contributed by atoms with Crippen molar-refractivity contribution in [1.29, 1.82) is 0 Å². The summed E-state index contributed by atoms with van der Waals surface area (Å²) in [5.74, 6) is -0.565. The van der Waals surface area contributed by atoms with E-state index in [4.69, 9.17) is 14.9 Å². The number of primary amides is 1. The van der Waals surface area contributed by atoms with Crippen LogP contribution in [-0.2, 0) is 0 Å². The number of amides is 2. The highest BCUT2D eigenvalue weighted by Crippen LogP contribution is 2.20. The monoisotopic (exact) mass is 415 g/mol. The molecule has 0 atom stereocenters. The van der Waals surface area contributed by atoms with Crippen molar-refractivity contribution in [1.82, 2.24) is 5.43 Å². The highest BCUT2D eigenvalue weighted by atomic mass is 79.9. The van der Waals surface area contributed by atoms with Gasteiger partial charge in [0.25, 0.3) is 11.8 Å². The number of nitrogens with one attached hydrogen (secondary N) is 1. The van der Waals surface area contributed by atoms with Crippen LogP contribution in [0, 0.1) is 0 Å². The number of fused-ring (bicyclic) bond motifs is 1. The second kappa shape index (κ2) is 7.40. The molecule has 132 valence electrons. The highest BCUT2D eigenvalue weighted by molar-refractivity contribution is 9.10. The summed E-state index contributed by atoms with van der Waals surface area (Å²) in [5.41, 5.74) is 8.60. The Labute approximate surface area is 156 Å². The van der Waals surface area contributed by atoms with Crippen molar-refractivity contribution in [3.8, 4) is 5.75 Å². The Morgan fingerprint density at radius 1 is 1.15 bits per heavy atom. The first-order valence-electron chi connectivity index (χ1n) is 7.49. The molecule has 26 heavy (non-hydrogen) atoms. The Bertz CT molecular complexity index is 1060. The van der Waals surface area contributed by atoms with Gasteiger partial charge in [-0.25, -0.2) is 5.43 Å². The number of methoxy groups -OCH3 is 1. The van der Waals surface area contributed by atoms with Crippen molar-refractivity contribution in [2.75, 3.05) is 7.11 Å². The molecule has 7 nitrogen and oxygen atoms in total. The lowest BCUT2D eigenvalue weighted by Gasteiger charge is -2.05. The Hall–Kier alpha value is -3.13. The molecule has 1 aromatic heterocycles. The molecule has 0 bridgehead atoms. The van der Waals surface area contributed by atoms with Gasteiger partial charge in [-0.15, -0.1) is 5.10 Å². The number of nitrogens with zero attached hydrogens (tertiary/aromatic N) is 1. The van der Waals surface area contributed by atoms with Crippen molar-refractivity contribution in [3.05, 3.63) is 69.7 Å². The largest absolute Gasteiger partial charge is 0.497 e. The maximum Gasteiger partial charge on any atom is 0.271 e. The van der Waals surface area contributed by atoms with Crippen molar-refractivity contribution in [2.24, 2.45) is 10.8 Å². The lowest BCUT2D eigenvalue weighted by atomic mass is 10.1. The van der Waals surface area contributed by atoms with Gasteiger partial charge in [-0.1, -0.05) is 15.9 Å². The first-order chi connectivity index (χ1) is 12.5. The number of ether oxygens (including phenoxy) is 1. The number of hydrogen-bond donors (Lipinski definition) is 2. The molecule has 0 fully saturated rings. The van der Waals surface area contributed by atoms with Gasteiger partial charge in [-0.05, 0) is 48.5 Å². The molecule has 0 unspecified atom stereocenters. The number of hydrogen-bond acceptors (Lipinski definition) is 5. The summed E-state index contributed by atoms with van der Waals surface area (Å²) < 4.78 is 11.6. The minimum absolute atomic E-state index is 0.0434. The fourth-order valence-corrected chi connectivity index (χ4v) is 2.53. The lowest BCUT2D eigenvalue weighted by molar-refractivity contribution is 0.0946. The van der Waals surface area contributed by atoms with Crippen molar-refractivity contribution >= 4 is 38.7 Å². The van der Waals surface area contributed by atoms with Crippen LogP contribution >= 0.6 is 15.9 Å². The number of rotatable bonds is 4. The van der Waals surface area contributed by atoms with E-state index < -0.39 is 11.8 Å².